The average Bonchev–Trinajstić information content (AvgIpc) is 2.64. The van der Waals surface area contributed by atoms with E-state index in [1.165, 1.54) is 7.05 Å². The molecule has 1 aliphatic rings. The van der Waals surface area contributed by atoms with E-state index in [0.717, 1.165) is 5.56 Å². The van der Waals surface area contributed by atoms with E-state index in [-0.39, 0.29) is 30.3 Å². The maximum absolute atomic E-state index is 12.2. The number of carbonyl (C=O) groups excluding carboxylic acids is 3. The van der Waals surface area contributed by atoms with Crippen LogP contribution in [0.1, 0.15) is 18.4 Å². The van der Waals surface area contributed by atoms with E-state index < -0.39 is 0 Å². The van der Waals surface area contributed by atoms with Gasteiger partial charge in [-0.25, -0.2) is 0 Å². The molecule has 0 radical (unpaired) electrons. The molecule has 0 bridgehead atoms. The molecule has 1 heterocycles. The predicted octanol–water partition coefficient (Wildman–Crippen LogP) is 1.23. The van der Waals surface area contributed by atoms with Crippen LogP contribution in [0.15, 0.2) is 36.4 Å². The Morgan fingerprint density at radius 2 is 1.88 bits per heavy atom. The molecule has 2 amide bonds. The molecule has 24 heavy (non-hydrogen) atoms. The molecule has 1 fully saturated rings. The van der Waals surface area contributed by atoms with E-state index in [2.05, 4.69) is 5.32 Å². The molecule has 1 aromatic carbocycles. The largest absolute Gasteiger partial charge is 0.455 e. The van der Waals surface area contributed by atoms with Crippen molar-refractivity contribution in [2.75, 3.05) is 26.7 Å². The minimum Gasteiger partial charge on any atom is -0.455 e. The summed E-state index contributed by atoms with van der Waals surface area (Å²) in [6.07, 6.45) is 4.45. The standard InChI is InChI=1S/C18H22N2O4/c1-19-16(21)13-24-18(23)15-9-11-20(12-10-15)17(22)8-7-14-5-3-2-4-6-14/h2-8,15H,9-13H2,1H3,(H,19,21)/b8-7-. The molecule has 1 aliphatic heterocycles. The Bertz CT molecular complexity index is 605. The molecule has 1 aromatic rings. The lowest BCUT2D eigenvalue weighted by molar-refractivity contribution is -0.154. The minimum absolute atomic E-state index is 0.0592. The molecule has 128 valence electrons. The van der Waals surface area contributed by atoms with Gasteiger partial charge in [0, 0.05) is 26.2 Å². The van der Waals surface area contributed by atoms with Crippen molar-refractivity contribution >= 4 is 23.9 Å². The van der Waals surface area contributed by atoms with E-state index in [1.54, 1.807) is 17.1 Å². The predicted molar refractivity (Wildman–Crippen MR) is 89.8 cm³/mol. The van der Waals surface area contributed by atoms with Gasteiger partial charge in [-0.3, -0.25) is 14.4 Å². The first-order chi connectivity index (χ1) is 11.6. The van der Waals surface area contributed by atoms with Gasteiger partial charge in [0.25, 0.3) is 5.91 Å². The Balaban J connectivity index is 1.77. The smallest absolute Gasteiger partial charge is 0.309 e. The van der Waals surface area contributed by atoms with Gasteiger partial charge >= 0.3 is 5.97 Å². The number of ether oxygens (including phenoxy) is 1. The third-order valence-electron chi connectivity index (χ3n) is 3.98. The number of carbonyl (C=O) groups is 3. The van der Waals surface area contributed by atoms with Gasteiger partial charge in [0.15, 0.2) is 6.61 Å². The van der Waals surface area contributed by atoms with Crippen molar-refractivity contribution in [1.29, 1.82) is 0 Å². The highest BCUT2D eigenvalue weighted by atomic mass is 16.5. The second-order valence-electron chi connectivity index (χ2n) is 5.62. The van der Waals surface area contributed by atoms with Gasteiger partial charge in [0.05, 0.1) is 5.92 Å². The summed E-state index contributed by atoms with van der Waals surface area (Å²) >= 11 is 0. The van der Waals surface area contributed by atoms with Crippen molar-refractivity contribution in [3.05, 3.63) is 42.0 Å². The molecule has 0 unspecified atom stereocenters. The summed E-state index contributed by atoms with van der Waals surface area (Å²) in [7, 11) is 1.49. The normalized spacial score (nSPS) is 15.3. The number of piperidine rings is 1. The molecule has 2 rings (SSSR count). The summed E-state index contributed by atoms with van der Waals surface area (Å²) in [5.41, 5.74) is 0.971. The Labute approximate surface area is 141 Å². The lowest BCUT2D eigenvalue weighted by Gasteiger charge is -2.30. The number of likely N-dealkylation sites (N-methyl/N-ethyl adjacent to an activating group) is 1. The molecule has 0 atom stereocenters. The molecule has 0 aliphatic carbocycles. The lowest BCUT2D eigenvalue weighted by Crippen LogP contribution is -2.40. The summed E-state index contributed by atoms with van der Waals surface area (Å²) < 4.78 is 4.97. The summed E-state index contributed by atoms with van der Waals surface area (Å²) in [4.78, 5) is 36.9. The summed E-state index contributed by atoms with van der Waals surface area (Å²) in [5.74, 6) is -1.01. The topological polar surface area (TPSA) is 75.7 Å². The Kier molecular flexibility index (Phi) is 6.54. The van der Waals surface area contributed by atoms with Crippen LogP contribution in [0, 0.1) is 5.92 Å². The zero-order valence-corrected chi connectivity index (χ0v) is 13.7. The molecule has 0 aromatic heterocycles. The molecule has 6 nitrogen and oxygen atoms in total. The molecule has 0 spiro atoms. The van der Waals surface area contributed by atoms with Gasteiger partial charge < -0.3 is 15.0 Å². The monoisotopic (exact) mass is 330 g/mol. The zero-order valence-electron chi connectivity index (χ0n) is 13.7. The molecule has 1 saturated heterocycles. The maximum Gasteiger partial charge on any atom is 0.309 e. The molecular formula is C18H22N2O4. The number of hydrogen-bond acceptors (Lipinski definition) is 4. The van der Waals surface area contributed by atoms with Crippen LogP contribution in [0.25, 0.3) is 6.08 Å². The number of nitrogens with zero attached hydrogens (tertiary/aromatic N) is 1. The lowest BCUT2D eigenvalue weighted by atomic mass is 9.97. The van der Waals surface area contributed by atoms with Crippen molar-refractivity contribution in [2.45, 2.75) is 12.8 Å². The zero-order chi connectivity index (χ0) is 17.4. The quantitative estimate of drug-likeness (QED) is 0.651. The summed E-state index contributed by atoms with van der Waals surface area (Å²) in [6, 6.07) is 9.62. The van der Waals surface area contributed by atoms with Gasteiger partial charge in [-0.2, -0.15) is 0 Å². The van der Waals surface area contributed by atoms with Crippen LogP contribution in [-0.4, -0.2) is 49.4 Å². The summed E-state index contributed by atoms with van der Waals surface area (Å²) in [5, 5.41) is 2.40. The minimum atomic E-state index is -0.370. The van der Waals surface area contributed by atoms with Gasteiger partial charge in [-0.15, -0.1) is 0 Å². The Morgan fingerprint density at radius 1 is 1.21 bits per heavy atom. The van der Waals surface area contributed by atoms with E-state index in [0.29, 0.717) is 25.9 Å². The second kappa shape index (κ2) is 8.86. The Hall–Kier alpha value is -2.63. The van der Waals surface area contributed by atoms with Crippen LogP contribution < -0.4 is 5.32 Å². The molecule has 0 saturated carbocycles. The van der Waals surface area contributed by atoms with Crippen LogP contribution in [-0.2, 0) is 19.1 Å². The first kappa shape index (κ1) is 17.7. The number of hydrogen-bond donors (Lipinski definition) is 1. The highest BCUT2D eigenvalue weighted by Gasteiger charge is 2.27. The van der Waals surface area contributed by atoms with Crippen molar-refractivity contribution in [3.8, 4) is 0 Å². The number of amides is 2. The first-order valence-electron chi connectivity index (χ1n) is 7.99. The van der Waals surface area contributed by atoms with Gasteiger partial charge in [0.2, 0.25) is 5.91 Å². The van der Waals surface area contributed by atoms with E-state index in [1.807, 2.05) is 30.3 Å². The molecule has 1 N–H and O–H groups in total. The fraction of sp³-hybridized carbons (Fsp3) is 0.389. The second-order valence-corrected chi connectivity index (χ2v) is 5.62. The van der Waals surface area contributed by atoms with E-state index >= 15 is 0 Å². The Morgan fingerprint density at radius 3 is 2.50 bits per heavy atom. The fourth-order valence-corrected chi connectivity index (χ4v) is 2.50. The number of nitrogens with one attached hydrogen (secondary N) is 1. The maximum atomic E-state index is 12.2. The van der Waals surface area contributed by atoms with Crippen LogP contribution in [0.3, 0.4) is 0 Å². The van der Waals surface area contributed by atoms with Crippen LogP contribution in [0.4, 0.5) is 0 Å². The SMILES string of the molecule is CNC(=O)COC(=O)C1CCN(C(=O)/C=C\c2ccccc2)CC1. The highest BCUT2D eigenvalue weighted by molar-refractivity contribution is 5.92. The summed E-state index contributed by atoms with van der Waals surface area (Å²) in [6.45, 7) is 0.768. The number of esters is 1. The molecule has 6 heteroatoms. The molecular weight excluding hydrogens is 308 g/mol. The van der Waals surface area contributed by atoms with E-state index in [4.69, 9.17) is 4.74 Å². The van der Waals surface area contributed by atoms with Gasteiger partial charge in [-0.05, 0) is 24.5 Å². The first-order valence-corrected chi connectivity index (χ1v) is 7.99. The van der Waals surface area contributed by atoms with Crippen molar-refractivity contribution in [2.24, 2.45) is 5.92 Å². The van der Waals surface area contributed by atoms with Crippen molar-refractivity contribution in [3.63, 3.8) is 0 Å². The van der Waals surface area contributed by atoms with Crippen LogP contribution in [0.5, 0.6) is 0 Å². The van der Waals surface area contributed by atoms with Gasteiger partial charge in [0.1, 0.15) is 0 Å². The third-order valence-corrected chi connectivity index (χ3v) is 3.98. The number of benzene rings is 1. The number of rotatable bonds is 5. The van der Waals surface area contributed by atoms with Crippen molar-refractivity contribution < 1.29 is 19.1 Å². The fourth-order valence-electron chi connectivity index (χ4n) is 2.50. The highest BCUT2D eigenvalue weighted by Crippen LogP contribution is 2.19. The number of likely N-dealkylation sites (tertiary alicyclic amines) is 1. The third kappa shape index (κ3) is 5.22. The van der Waals surface area contributed by atoms with Crippen LogP contribution >= 0.6 is 0 Å². The van der Waals surface area contributed by atoms with Gasteiger partial charge in [-0.1, -0.05) is 30.3 Å². The van der Waals surface area contributed by atoms with Crippen LogP contribution in [0.2, 0.25) is 0 Å². The van der Waals surface area contributed by atoms with E-state index in [9.17, 15) is 14.4 Å². The van der Waals surface area contributed by atoms with Crippen molar-refractivity contribution in [1.82, 2.24) is 10.2 Å². The average molecular weight is 330 g/mol.